The first-order valence-corrected chi connectivity index (χ1v) is 15.4. The molecule has 1 N–H and O–H groups in total. The fourth-order valence-electron chi connectivity index (χ4n) is 6.07. The summed E-state index contributed by atoms with van der Waals surface area (Å²) in [6.45, 7) is 4.25. The second-order valence-corrected chi connectivity index (χ2v) is 12.4. The molecule has 0 amide bonds. The van der Waals surface area contributed by atoms with E-state index in [-0.39, 0.29) is 58.8 Å². The van der Waals surface area contributed by atoms with Gasteiger partial charge in [-0.05, 0) is 63.3 Å². The average Bonchev–Trinajstić information content (AvgIpc) is 3.57. The number of aromatic carboxylic acids is 1. The van der Waals surface area contributed by atoms with Gasteiger partial charge in [-0.2, -0.15) is 0 Å². The van der Waals surface area contributed by atoms with Crippen LogP contribution in [0.3, 0.4) is 0 Å². The summed E-state index contributed by atoms with van der Waals surface area (Å²) in [5, 5.41) is 14.2. The van der Waals surface area contributed by atoms with Gasteiger partial charge >= 0.3 is 12.3 Å². The third-order valence-electron chi connectivity index (χ3n) is 8.13. The number of thiazole rings is 1. The Hall–Kier alpha value is -3.71. The van der Waals surface area contributed by atoms with Gasteiger partial charge in [0.2, 0.25) is 0 Å². The molecule has 1 aliphatic heterocycles. The van der Waals surface area contributed by atoms with Crippen LogP contribution in [-0.4, -0.2) is 45.8 Å². The Bertz CT molecular complexity index is 1670. The molecule has 0 radical (unpaired) electrons. The van der Waals surface area contributed by atoms with E-state index in [9.17, 15) is 27.5 Å². The third-order valence-corrected chi connectivity index (χ3v) is 9.15. The zero-order valence-corrected chi connectivity index (χ0v) is 24.9. The molecule has 6 rings (SSSR count). The SMILES string of the molecule is CCC[C@H]1CC(OCc2c(-c3ccccc3OC(F)(F)F)noc2C2CC2)C[C@@H](C)N1c1nc2c(F)cc(C(=O)O)cc2s1. The lowest BCUT2D eigenvalue weighted by atomic mass is 9.91. The predicted octanol–water partition coefficient (Wildman–Crippen LogP) is 8.31. The highest BCUT2D eigenvalue weighted by atomic mass is 32.1. The zero-order valence-electron chi connectivity index (χ0n) is 24.1. The van der Waals surface area contributed by atoms with Crippen LogP contribution in [-0.2, 0) is 11.3 Å². The molecule has 1 saturated carbocycles. The van der Waals surface area contributed by atoms with Crippen molar-refractivity contribution in [2.75, 3.05) is 4.90 Å². The minimum absolute atomic E-state index is 0.0290. The molecule has 3 heterocycles. The van der Waals surface area contributed by atoms with E-state index in [1.807, 2.05) is 0 Å². The third kappa shape index (κ3) is 6.25. The number of alkyl halides is 3. The first-order valence-electron chi connectivity index (χ1n) is 14.6. The zero-order chi connectivity index (χ0) is 31.2. The largest absolute Gasteiger partial charge is 0.573 e. The van der Waals surface area contributed by atoms with Gasteiger partial charge in [0.05, 0.1) is 23.0 Å². The quantitative estimate of drug-likeness (QED) is 0.174. The highest BCUT2D eigenvalue weighted by Crippen LogP contribution is 2.46. The van der Waals surface area contributed by atoms with E-state index >= 15 is 0 Å². The topological polar surface area (TPSA) is 97.9 Å². The lowest BCUT2D eigenvalue weighted by Gasteiger charge is -2.44. The Morgan fingerprint density at radius 3 is 2.68 bits per heavy atom. The van der Waals surface area contributed by atoms with Crippen molar-refractivity contribution >= 4 is 32.7 Å². The Kier molecular flexibility index (Phi) is 8.27. The molecule has 2 fully saturated rings. The van der Waals surface area contributed by atoms with Gasteiger partial charge in [-0.25, -0.2) is 14.2 Å². The van der Waals surface area contributed by atoms with E-state index in [4.69, 9.17) is 9.26 Å². The molecule has 44 heavy (non-hydrogen) atoms. The number of carboxylic acids is 1. The second-order valence-electron chi connectivity index (χ2n) is 11.4. The van der Waals surface area contributed by atoms with E-state index in [0.717, 1.165) is 31.7 Å². The van der Waals surface area contributed by atoms with Crippen LogP contribution in [0.15, 0.2) is 40.9 Å². The van der Waals surface area contributed by atoms with Crippen LogP contribution in [0.25, 0.3) is 21.5 Å². The number of anilines is 1. The van der Waals surface area contributed by atoms with Crippen LogP contribution in [0.1, 0.15) is 80.0 Å². The van der Waals surface area contributed by atoms with Crippen molar-refractivity contribution in [3.05, 3.63) is 59.1 Å². The number of rotatable bonds is 10. The summed E-state index contributed by atoms with van der Waals surface area (Å²) in [5.74, 6) is -1.44. The van der Waals surface area contributed by atoms with Crippen LogP contribution in [0.2, 0.25) is 0 Å². The molecule has 2 aromatic heterocycles. The summed E-state index contributed by atoms with van der Waals surface area (Å²) >= 11 is 1.27. The monoisotopic (exact) mass is 633 g/mol. The van der Waals surface area contributed by atoms with Gasteiger partial charge in [-0.1, -0.05) is 42.0 Å². The standard InChI is InChI=1S/C31H31F4N3O5S/c1-3-6-19-14-20(11-16(2)38(19)30-36-27-23(32)12-18(29(39)40)13-25(27)44-30)41-15-22-26(37-43-28(22)17-9-10-17)21-7-4-5-8-24(21)42-31(33,34)35/h4-5,7-8,12-13,16-17,19-20H,3,6,9-11,14-15H2,1-2H3,(H,39,40)/t16-,19+,20?/m1/s1. The number of para-hydroxylation sites is 1. The molecular formula is C31H31F4N3O5S. The van der Waals surface area contributed by atoms with E-state index in [1.165, 1.54) is 35.6 Å². The van der Waals surface area contributed by atoms with Crippen molar-refractivity contribution in [3.63, 3.8) is 0 Å². The van der Waals surface area contributed by atoms with Gasteiger partial charge < -0.3 is 24.0 Å². The number of benzene rings is 2. The molecular weight excluding hydrogens is 602 g/mol. The highest BCUT2D eigenvalue weighted by molar-refractivity contribution is 7.22. The van der Waals surface area contributed by atoms with E-state index in [1.54, 1.807) is 6.07 Å². The summed E-state index contributed by atoms with van der Waals surface area (Å²) in [6.07, 6.45) is -0.200. The number of fused-ring (bicyclic) bond motifs is 1. The van der Waals surface area contributed by atoms with E-state index in [0.29, 0.717) is 34.0 Å². The van der Waals surface area contributed by atoms with E-state index < -0.39 is 18.1 Å². The average molecular weight is 634 g/mol. The molecule has 2 aliphatic rings. The van der Waals surface area contributed by atoms with Gasteiger partial charge in [0.1, 0.15) is 22.7 Å². The van der Waals surface area contributed by atoms with Gasteiger partial charge in [0.25, 0.3) is 0 Å². The number of hydrogen-bond donors (Lipinski definition) is 1. The lowest BCUT2D eigenvalue weighted by Crippen LogP contribution is -2.50. The van der Waals surface area contributed by atoms with Gasteiger partial charge in [0, 0.05) is 29.1 Å². The van der Waals surface area contributed by atoms with Crippen molar-refractivity contribution in [1.29, 1.82) is 0 Å². The number of piperidine rings is 1. The Labute approximate surface area is 254 Å². The molecule has 2 aromatic carbocycles. The minimum atomic E-state index is -4.86. The molecule has 234 valence electrons. The van der Waals surface area contributed by atoms with Crippen molar-refractivity contribution in [2.24, 2.45) is 0 Å². The molecule has 13 heteroatoms. The maximum atomic E-state index is 14.7. The molecule has 8 nitrogen and oxygen atoms in total. The predicted molar refractivity (Wildman–Crippen MR) is 156 cm³/mol. The Morgan fingerprint density at radius 1 is 1.20 bits per heavy atom. The number of ether oxygens (including phenoxy) is 2. The Morgan fingerprint density at radius 2 is 1.98 bits per heavy atom. The number of aromatic nitrogens is 2. The second kappa shape index (κ2) is 12.0. The summed E-state index contributed by atoms with van der Waals surface area (Å²) < 4.78 is 71.1. The summed E-state index contributed by atoms with van der Waals surface area (Å²) in [6, 6.07) is 8.31. The molecule has 0 spiro atoms. The van der Waals surface area contributed by atoms with Crippen LogP contribution < -0.4 is 9.64 Å². The maximum Gasteiger partial charge on any atom is 0.573 e. The number of carboxylic acid groups (broad SMARTS) is 1. The van der Waals surface area contributed by atoms with Crippen LogP contribution in [0, 0.1) is 5.82 Å². The summed E-state index contributed by atoms with van der Waals surface area (Å²) in [5.41, 5.74) is 1.11. The lowest BCUT2D eigenvalue weighted by molar-refractivity contribution is -0.274. The normalized spacial score (nSPS) is 20.8. The number of hydrogen-bond acceptors (Lipinski definition) is 8. The number of carbonyl (C=O) groups is 1. The van der Waals surface area contributed by atoms with Crippen LogP contribution in [0.5, 0.6) is 5.75 Å². The molecule has 3 atom stereocenters. The van der Waals surface area contributed by atoms with Crippen molar-refractivity contribution in [1.82, 2.24) is 10.1 Å². The molecule has 4 aromatic rings. The van der Waals surface area contributed by atoms with Gasteiger partial charge in [0.15, 0.2) is 10.9 Å². The maximum absolute atomic E-state index is 14.7. The molecule has 1 unspecified atom stereocenters. The van der Waals surface area contributed by atoms with Crippen LogP contribution in [0.4, 0.5) is 22.7 Å². The fourth-order valence-corrected chi connectivity index (χ4v) is 7.26. The summed E-state index contributed by atoms with van der Waals surface area (Å²) in [4.78, 5) is 18.2. The summed E-state index contributed by atoms with van der Waals surface area (Å²) in [7, 11) is 0. The van der Waals surface area contributed by atoms with Gasteiger partial charge in [-0.15, -0.1) is 13.2 Å². The van der Waals surface area contributed by atoms with Gasteiger partial charge in [-0.3, -0.25) is 0 Å². The fraction of sp³-hybridized carbons (Fsp3) is 0.452. The van der Waals surface area contributed by atoms with E-state index in [2.05, 4.69) is 33.6 Å². The van der Waals surface area contributed by atoms with Crippen molar-refractivity contribution < 1.29 is 41.5 Å². The van der Waals surface area contributed by atoms with Crippen molar-refractivity contribution in [3.8, 4) is 17.0 Å². The van der Waals surface area contributed by atoms with Crippen molar-refractivity contribution in [2.45, 2.75) is 89.4 Å². The van der Waals surface area contributed by atoms with Crippen LogP contribution >= 0.6 is 11.3 Å². The minimum Gasteiger partial charge on any atom is -0.478 e. The first-order chi connectivity index (χ1) is 21.0. The number of nitrogens with zero attached hydrogens (tertiary/aromatic N) is 3. The smallest absolute Gasteiger partial charge is 0.478 e. The highest BCUT2D eigenvalue weighted by Gasteiger charge is 2.38. The number of halogens is 4. The molecule has 1 aliphatic carbocycles. The molecule has 1 saturated heterocycles. The Balaban J connectivity index is 1.24. The molecule has 0 bridgehead atoms. The first kappa shape index (κ1) is 30.3.